The topological polar surface area (TPSA) is 26.3 Å². The van der Waals surface area contributed by atoms with E-state index >= 15 is 0 Å². The molecule has 0 aromatic heterocycles. The average molecular weight is 498 g/mol. The fourth-order valence-corrected chi connectivity index (χ4v) is 1.88. The molecule has 0 bridgehead atoms. The average Bonchev–Trinajstić information content (AvgIpc) is 2.59. The van der Waals surface area contributed by atoms with Gasteiger partial charge in [0.1, 0.15) is 0 Å². The van der Waals surface area contributed by atoms with Crippen molar-refractivity contribution < 1.29 is 75.4 Å². The lowest BCUT2D eigenvalue weighted by molar-refractivity contribution is -0.450. The second-order valence-corrected chi connectivity index (χ2v) is 6.14. The Morgan fingerprint density at radius 1 is 0.581 bits per heavy atom. The van der Waals surface area contributed by atoms with Crippen LogP contribution in [0.3, 0.4) is 0 Å². The zero-order chi connectivity index (χ0) is 25.3. The Bertz CT molecular complexity index is 624. The zero-order valence-electron chi connectivity index (χ0n) is 15.0. The lowest BCUT2D eigenvalue weighted by atomic mass is 9.91. The van der Waals surface area contributed by atoms with E-state index in [2.05, 4.69) is 4.74 Å². The minimum Gasteiger partial charge on any atom is -0.461 e. The van der Waals surface area contributed by atoms with Crippen LogP contribution >= 0.6 is 0 Å². The van der Waals surface area contributed by atoms with E-state index in [-0.39, 0.29) is 12.8 Å². The largest absolute Gasteiger partial charge is 0.461 e. The second kappa shape index (κ2) is 8.75. The molecule has 0 aliphatic carbocycles. The molecule has 0 spiro atoms. The van der Waals surface area contributed by atoms with E-state index in [0.29, 0.717) is 12.8 Å². The number of carbonyl (C=O) groups is 1. The number of ether oxygens (including phenoxy) is 1. The van der Waals surface area contributed by atoms with E-state index in [1.807, 2.05) is 0 Å². The molecule has 0 saturated heterocycles. The Hall–Kier alpha value is -1.58. The van der Waals surface area contributed by atoms with Crippen LogP contribution in [-0.4, -0.2) is 54.3 Å². The molecule has 0 aliphatic rings. The Morgan fingerprint density at radius 2 is 0.968 bits per heavy atom. The molecule has 0 amide bonds. The molecule has 17 heteroatoms. The minimum atomic E-state index is -8.42. The number of rotatable bonds is 11. The Kier molecular flexibility index (Phi) is 8.30. The molecule has 0 aromatic carbocycles. The molecule has 0 aliphatic heterocycles. The molecule has 0 atom stereocenters. The first-order valence-corrected chi connectivity index (χ1v) is 7.99. The van der Waals surface area contributed by atoms with Gasteiger partial charge in [0.15, 0.2) is 0 Å². The molecule has 0 fully saturated rings. The van der Waals surface area contributed by atoms with Gasteiger partial charge >= 0.3 is 47.7 Å². The van der Waals surface area contributed by atoms with Crippen molar-refractivity contribution in [3.05, 3.63) is 0 Å². The number of hydrogen-bond donors (Lipinski definition) is 0. The molecule has 0 N–H and O–H groups in total. The molecular weight excluding hydrogens is 485 g/mol. The monoisotopic (exact) mass is 498 g/mol. The quantitative estimate of drug-likeness (QED) is 0.185. The maximum absolute atomic E-state index is 13.4. The van der Waals surface area contributed by atoms with E-state index in [9.17, 15) is 70.7 Å². The molecule has 31 heavy (non-hydrogen) atoms. The van der Waals surface area contributed by atoms with Crippen molar-refractivity contribution >= 4 is 5.97 Å². The highest BCUT2D eigenvalue weighted by Crippen LogP contribution is 2.62. The maximum atomic E-state index is 13.4. The van der Waals surface area contributed by atoms with Crippen LogP contribution in [0.2, 0.25) is 0 Å². The van der Waals surface area contributed by atoms with Crippen LogP contribution in [0.4, 0.5) is 65.9 Å². The van der Waals surface area contributed by atoms with Crippen LogP contribution < -0.4 is 0 Å². The summed E-state index contributed by atoms with van der Waals surface area (Å²) in [7, 11) is 0. The van der Waals surface area contributed by atoms with Gasteiger partial charge in [-0.1, -0.05) is 26.2 Å². The van der Waals surface area contributed by atoms with Gasteiger partial charge in [-0.15, -0.1) is 0 Å². The summed E-state index contributed by atoms with van der Waals surface area (Å²) in [6.45, 7) is 0.510. The van der Waals surface area contributed by atoms with E-state index in [1.54, 1.807) is 6.92 Å². The van der Waals surface area contributed by atoms with Crippen molar-refractivity contribution in [3.8, 4) is 0 Å². The summed E-state index contributed by atoms with van der Waals surface area (Å²) in [5.41, 5.74) is 0. The summed E-state index contributed by atoms with van der Waals surface area (Å²) in [6.07, 6.45) is -6.91. The molecule has 0 rings (SSSR count). The van der Waals surface area contributed by atoms with Gasteiger partial charge in [0, 0.05) is 0 Å². The van der Waals surface area contributed by atoms with E-state index < -0.39 is 54.3 Å². The van der Waals surface area contributed by atoms with Gasteiger partial charge < -0.3 is 4.74 Å². The first kappa shape index (κ1) is 29.4. The molecule has 0 aromatic rings. The highest BCUT2D eigenvalue weighted by molar-refractivity contribution is 5.79. The van der Waals surface area contributed by atoms with Crippen molar-refractivity contribution in [1.82, 2.24) is 0 Å². The van der Waals surface area contributed by atoms with Crippen molar-refractivity contribution in [1.29, 1.82) is 0 Å². The normalized spacial score (nSPS) is 15.2. The lowest BCUT2D eigenvalue weighted by Gasteiger charge is -2.40. The van der Waals surface area contributed by atoms with E-state index in [4.69, 9.17) is 0 Å². The summed E-state index contributed by atoms with van der Waals surface area (Å²) in [5.74, 6) is -51.6. The first-order chi connectivity index (χ1) is 13.5. The molecular formula is C14H13F15O2. The van der Waals surface area contributed by atoms with Crippen molar-refractivity contribution in [2.45, 2.75) is 74.3 Å². The van der Waals surface area contributed by atoms with Crippen LogP contribution in [0.5, 0.6) is 0 Å². The van der Waals surface area contributed by atoms with Crippen LogP contribution in [0.15, 0.2) is 0 Å². The van der Waals surface area contributed by atoms with Gasteiger partial charge in [0.25, 0.3) is 0 Å². The van der Waals surface area contributed by atoms with Crippen molar-refractivity contribution in [2.24, 2.45) is 0 Å². The van der Waals surface area contributed by atoms with Crippen molar-refractivity contribution in [3.63, 3.8) is 0 Å². The van der Waals surface area contributed by atoms with Gasteiger partial charge in [-0.3, -0.25) is 0 Å². The van der Waals surface area contributed by atoms with E-state index in [0.717, 1.165) is 0 Å². The maximum Gasteiger partial charge on any atom is 0.460 e. The Balaban J connectivity index is 6.06. The Morgan fingerprint density at radius 3 is 1.35 bits per heavy atom. The number of carbonyl (C=O) groups excluding carboxylic acids is 1. The summed E-state index contributed by atoms with van der Waals surface area (Å²) in [5, 5.41) is 0. The van der Waals surface area contributed by atoms with Gasteiger partial charge in [0.2, 0.25) is 0 Å². The highest BCUT2D eigenvalue weighted by atomic mass is 19.4. The molecule has 0 saturated carbocycles. The summed E-state index contributed by atoms with van der Waals surface area (Å²) >= 11 is 0. The zero-order valence-corrected chi connectivity index (χ0v) is 15.0. The van der Waals surface area contributed by atoms with Crippen molar-refractivity contribution in [2.75, 3.05) is 6.61 Å². The van der Waals surface area contributed by atoms with Crippen LogP contribution in [0.25, 0.3) is 0 Å². The number of unbranched alkanes of at least 4 members (excludes halogenated alkanes) is 3. The summed E-state index contributed by atoms with van der Waals surface area (Å²) in [6, 6.07) is 0. The Labute approximate surface area is 163 Å². The fraction of sp³-hybridized carbons (Fsp3) is 0.929. The third-order valence-electron chi connectivity index (χ3n) is 3.82. The van der Waals surface area contributed by atoms with E-state index in [1.165, 1.54) is 0 Å². The predicted octanol–water partition coefficient (Wildman–Crippen LogP) is 6.48. The van der Waals surface area contributed by atoms with Gasteiger partial charge in [-0.05, 0) is 6.42 Å². The van der Waals surface area contributed by atoms with Crippen LogP contribution in [-0.2, 0) is 9.53 Å². The molecule has 0 unspecified atom stereocenters. The standard InChI is InChI=1S/C14H13F15O2/c1-2-3-4-5-6-31-7(30)8(15,16)9(17,18)10(19,20)11(21,22)12(23,24)13(25,26)14(27,28)29/h2-6H2,1H3. The molecule has 2 nitrogen and oxygen atoms in total. The molecule has 0 heterocycles. The lowest BCUT2D eigenvalue weighted by Crippen LogP contribution is -2.73. The number of alkyl halides is 15. The van der Waals surface area contributed by atoms with Crippen LogP contribution in [0.1, 0.15) is 32.6 Å². The number of hydrogen-bond acceptors (Lipinski definition) is 2. The summed E-state index contributed by atoms with van der Waals surface area (Å²) < 4.78 is 197. The second-order valence-electron chi connectivity index (χ2n) is 6.14. The SMILES string of the molecule is CCCCCCOC(=O)C(F)(F)C(F)(F)C(F)(F)C(F)(F)C(F)(F)C(F)(F)C(F)(F)F. The minimum absolute atomic E-state index is 0.138. The first-order valence-electron chi connectivity index (χ1n) is 7.99. The van der Waals surface area contributed by atoms with Gasteiger partial charge in [-0.25, -0.2) is 4.79 Å². The number of halogens is 15. The predicted molar refractivity (Wildman–Crippen MR) is 70.8 cm³/mol. The van der Waals surface area contributed by atoms with Gasteiger partial charge in [0.05, 0.1) is 6.61 Å². The van der Waals surface area contributed by atoms with Crippen LogP contribution in [0, 0.1) is 0 Å². The van der Waals surface area contributed by atoms with Gasteiger partial charge in [-0.2, -0.15) is 65.9 Å². The third kappa shape index (κ3) is 4.64. The highest BCUT2D eigenvalue weighted by Gasteiger charge is 2.94. The third-order valence-corrected chi connectivity index (χ3v) is 3.82. The molecule has 0 radical (unpaired) electrons. The number of esters is 1. The fourth-order valence-electron chi connectivity index (χ4n) is 1.88. The molecule has 186 valence electrons. The summed E-state index contributed by atoms with van der Waals surface area (Å²) in [4.78, 5) is 11.0. The smallest absolute Gasteiger partial charge is 0.460 e.